The fourth-order valence-electron chi connectivity index (χ4n) is 0.973. The molecule has 1 unspecified atom stereocenters. The van der Waals surface area contributed by atoms with Crippen LogP contribution in [0.3, 0.4) is 0 Å². The van der Waals surface area contributed by atoms with Crippen molar-refractivity contribution in [2.24, 2.45) is 0 Å². The van der Waals surface area contributed by atoms with Crippen molar-refractivity contribution < 1.29 is 19.7 Å². The first-order valence-electron chi connectivity index (χ1n) is 4.80. The Morgan fingerprint density at radius 3 is 2.17 bits per heavy atom. The van der Waals surface area contributed by atoms with E-state index < -0.39 is 22.3 Å². The molecule has 9 nitrogen and oxygen atoms in total. The van der Waals surface area contributed by atoms with Crippen LogP contribution in [-0.4, -0.2) is 59.3 Å². The van der Waals surface area contributed by atoms with E-state index in [2.05, 4.69) is 4.84 Å². The maximum absolute atomic E-state index is 10.4. The summed E-state index contributed by atoms with van der Waals surface area (Å²) < 4.78 is 5.14. The monoisotopic (exact) mass is 305 g/mol. The summed E-state index contributed by atoms with van der Waals surface area (Å²) in [5, 5.41) is 19.5. The minimum Gasteiger partial charge on any atom is -0.373 e. The Labute approximate surface area is 113 Å². The van der Waals surface area contributed by atoms with Gasteiger partial charge in [-0.15, -0.1) is 38.3 Å². The lowest BCUT2D eigenvalue weighted by atomic mass is 10.3. The summed E-state index contributed by atoms with van der Waals surface area (Å²) in [5.41, 5.74) is 0. The third-order valence-electron chi connectivity index (χ3n) is 1.84. The molecule has 0 radical (unpaired) electrons. The first-order chi connectivity index (χ1) is 8.40. The zero-order valence-electron chi connectivity index (χ0n) is 9.53. The fraction of sp³-hybridized carbons (Fsp3) is 1.00. The highest BCUT2D eigenvalue weighted by atomic mass is 35.5. The Morgan fingerprint density at radius 1 is 1.22 bits per heavy atom. The second-order valence-corrected chi connectivity index (χ2v) is 3.91. The number of halogens is 2. The number of hydrogen-bond donors (Lipinski definition) is 0. The standard InChI is InChI=1S/C7H13Cl2N3O6/c1-10(11(13)14)4-7(18-12(15)16)5-17-6(2-8)3-9/h6-7H,2-5H2,1H3. The predicted octanol–water partition coefficient (Wildman–Crippen LogP) is 0.550. The molecule has 0 rings (SSSR count). The highest BCUT2D eigenvalue weighted by Gasteiger charge is 2.22. The fourth-order valence-corrected chi connectivity index (χ4v) is 1.48. The van der Waals surface area contributed by atoms with Crippen molar-refractivity contribution in [2.45, 2.75) is 12.2 Å². The van der Waals surface area contributed by atoms with Crippen molar-refractivity contribution in [3.8, 4) is 0 Å². The van der Waals surface area contributed by atoms with E-state index in [4.69, 9.17) is 27.9 Å². The lowest BCUT2D eigenvalue weighted by Gasteiger charge is -2.19. The summed E-state index contributed by atoms with van der Waals surface area (Å²) in [5.74, 6) is 0.222. The Bertz CT molecular complexity index is 278. The summed E-state index contributed by atoms with van der Waals surface area (Å²) in [7, 11) is 1.16. The Hall–Kier alpha value is -1.06. The number of likely N-dealkylation sites (N-methyl/N-ethyl adjacent to an activating group) is 1. The van der Waals surface area contributed by atoms with Crippen LogP contribution in [0.5, 0.6) is 0 Å². The first kappa shape index (κ1) is 16.9. The molecule has 0 aliphatic carbocycles. The van der Waals surface area contributed by atoms with E-state index >= 15 is 0 Å². The van der Waals surface area contributed by atoms with Crippen molar-refractivity contribution in [3.05, 3.63) is 20.2 Å². The number of nitro groups is 1. The number of hydrazine groups is 1. The number of hydrogen-bond acceptors (Lipinski definition) is 6. The van der Waals surface area contributed by atoms with Gasteiger partial charge < -0.3 is 9.57 Å². The Kier molecular flexibility index (Phi) is 8.42. The number of rotatable bonds is 10. The van der Waals surface area contributed by atoms with E-state index in [1.165, 1.54) is 0 Å². The molecule has 1 atom stereocenters. The Balaban J connectivity index is 4.30. The smallest absolute Gasteiger partial charge is 0.294 e. The first-order valence-corrected chi connectivity index (χ1v) is 5.87. The molecule has 0 bridgehead atoms. The zero-order chi connectivity index (χ0) is 14.1. The van der Waals surface area contributed by atoms with Gasteiger partial charge in [-0.3, -0.25) is 0 Å². The second kappa shape index (κ2) is 8.95. The van der Waals surface area contributed by atoms with E-state index in [1.807, 2.05) is 0 Å². The quantitative estimate of drug-likeness (QED) is 0.329. The molecule has 0 N–H and O–H groups in total. The minimum atomic E-state index is -1.09. The van der Waals surface area contributed by atoms with E-state index in [0.717, 1.165) is 7.05 Å². The van der Waals surface area contributed by atoms with Gasteiger partial charge in [-0.2, -0.15) is 0 Å². The van der Waals surface area contributed by atoms with Gasteiger partial charge in [0.25, 0.3) is 5.09 Å². The molecule has 0 saturated carbocycles. The summed E-state index contributed by atoms with van der Waals surface area (Å²) >= 11 is 11.0. The molecule has 0 aliphatic heterocycles. The minimum absolute atomic E-state index is 0.111. The second-order valence-electron chi connectivity index (χ2n) is 3.29. The highest BCUT2D eigenvalue weighted by molar-refractivity contribution is 6.21. The molecule has 0 amide bonds. The average Bonchev–Trinajstić information content (AvgIpc) is 2.29. The van der Waals surface area contributed by atoms with Gasteiger partial charge in [0.05, 0.1) is 19.8 Å². The Morgan fingerprint density at radius 2 is 1.78 bits per heavy atom. The molecular formula is C7H13Cl2N3O6. The SMILES string of the molecule is CN(CC(COC(CCl)CCl)O[N+](=O)[O-])[N+](=O)[O-]. The molecule has 0 heterocycles. The van der Waals surface area contributed by atoms with Gasteiger partial charge in [-0.05, 0) is 0 Å². The van der Waals surface area contributed by atoms with Crippen molar-refractivity contribution in [2.75, 3.05) is 32.0 Å². The maximum atomic E-state index is 10.4. The maximum Gasteiger partial charge on any atom is 0.294 e. The predicted molar refractivity (Wildman–Crippen MR) is 62.7 cm³/mol. The van der Waals surface area contributed by atoms with Gasteiger partial charge in [-0.1, -0.05) is 0 Å². The molecule has 0 aromatic carbocycles. The van der Waals surface area contributed by atoms with Gasteiger partial charge in [-0.25, -0.2) is 10.1 Å². The molecule has 18 heavy (non-hydrogen) atoms. The van der Waals surface area contributed by atoms with E-state index in [9.17, 15) is 20.2 Å². The molecule has 0 fully saturated rings. The summed E-state index contributed by atoms with van der Waals surface area (Å²) in [6, 6.07) is 0. The largest absolute Gasteiger partial charge is 0.373 e. The molecule has 0 saturated heterocycles. The summed E-state index contributed by atoms with van der Waals surface area (Å²) in [6.07, 6.45) is -1.59. The third kappa shape index (κ3) is 7.30. The lowest BCUT2D eigenvalue weighted by molar-refractivity contribution is -0.772. The lowest BCUT2D eigenvalue weighted by Crippen LogP contribution is -2.39. The van der Waals surface area contributed by atoms with Crippen molar-refractivity contribution >= 4 is 23.2 Å². The van der Waals surface area contributed by atoms with Crippen molar-refractivity contribution in [1.29, 1.82) is 0 Å². The normalized spacial score (nSPS) is 12.2. The molecule has 0 aromatic heterocycles. The topological polar surface area (TPSA) is 108 Å². The number of nitrogens with zero attached hydrogens (tertiary/aromatic N) is 3. The van der Waals surface area contributed by atoms with Crippen LogP contribution in [0.15, 0.2) is 0 Å². The van der Waals surface area contributed by atoms with Crippen LogP contribution in [-0.2, 0) is 9.57 Å². The van der Waals surface area contributed by atoms with Gasteiger partial charge in [0.1, 0.15) is 6.54 Å². The molecule has 106 valence electrons. The van der Waals surface area contributed by atoms with Gasteiger partial charge in [0.15, 0.2) is 11.1 Å². The average molecular weight is 306 g/mol. The molecule has 0 aliphatic rings. The zero-order valence-corrected chi connectivity index (χ0v) is 11.0. The van der Waals surface area contributed by atoms with Gasteiger partial charge >= 0.3 is 0 Å². The summed E-state index contributed by atoms with van der Waals surface area (Å²) in [4.78, 5) is 24.9. The third-order valence-corrected chi connectivity index (χ3v) is 2.53. The summed E-state index contributed by atoms with van der Waals surface area (Å²) in [6.45, 7) is -0.519. The molecule has 11 heteroatoms. The van der Waals surface area contributed by atoms with Crippen LogP contribution in [0.25, 0.3) is 0 Å². The highest BCUT2D eigenvalue weighted by Crippen LogP contribution is 2.03. The van der Waals surface area contributed by atoms with Crippen molar-refractivity contribution in [1.82, 2.24) is 5.01 Å². The van der Waals surface area contributed by atoms with E-state index in [1.54, 1.807) is 0 Å². The molecule has 0 spiro atoms. The van der Waals surface area contributed by atoms with E-state index in [0.29, 0.717) is 5.01 Å². The van der Waals surface area contributed by atoms with Crippen molar-refractivity contribution in [3.63, 3.8) is 0 Å². The number of ether oxygens (including phenoxy) is 1. The molecule has 0 aromatic rings. The van der Waals surface area contributed by atoms with Crippen LogP contribution in [0.2, 0.25) is 0 Å². The van der Waals surface area contributed by atoms with Crippen LogP contribution >= 0.6 is 23.2 Å². The van der Waals surface area contributed by atoms with Crippen LogP contribution in [0, 0.1) is 20.2 Å². The van der Waals surface area contributed by atoms with Gasteiger partial charge in [0, 0.05) is 11.8 Å². The molecular weight excluding hydrogens is 293 g/mol. The van der Waals surface area contributed by atoms with Crippen LogP contribution in [0.4, 0.5) is 0 Å². The van der Waals surface area contributed by atoms with Gasteiger partial charge in [0.2, 0.25) is 0 Å². The number of alkyl halides is 2. The van der Waals surface area contributed by atoms with Crippen LogP contribution in [0.1, 0.15) is 0 Å². The van der Waals surface area contributed by atoms with Crippen LogP contribution < -0.4 is 0 Å². The van der Waals surface area contributed by atoms with E-state index in [-0.39, 0.29) is 24.9 Å².